The number of nitrogen functional groups attached to an aromatic ring is 1. The van der Waals surface area contributed by atoms with Gasteiger partial charge in [-0.2, -0.15) is 0 Å². The number of hydrogen-bond donors (Lipinski definition) is 1. The predicted octanol–water partition coefficient (Wildman–Crippen LogP) is 2.97. The average Bonchev–Trinajstić information content (AvgIpc) is 2.92. The van der Waals surface area contributed by atoms with Crippen molar-refractivity contribution in [3.05, 3.63) is 24.3 Å². The van der Waals surface area contributed by atoms with E-state index in [1.54, 1.807) is 0 Å². The summed E-state index contributed by atoms with van der Waals surface area (Å²) in [5, 5.41) is 0. The molecular formula is C16H27N3. The monoisotopic (exact) mass is 261 g/mol. The molecule has 19 heavy (non-hydrogen) atoms. The molecule has 2 N–H and O–H groups in total. The quantitative estimate of drug-likeness (QED) is 0.766. The first-order chi connectivity index (χ1) is 9.29. The van der Waals surface area contributed by atoms with E-state index >= 15 is 0 Å². The summed E-state index contributed by atoms with van der Waals surface area (Å²) in [6, 6.07) is 8.28. The first kappa shape index (κ1) is 14.2. The highest BCUT2D eigenvalue weighted by Crippen LogP contribution is 2.17. The van der Waals surface area contributed by atoms with Crippen LogP contribution in [0.25, 0.3) is 0 Å². The van der Waals surface area contributed by atoms with Gasteiger partial charge in [0.25, 0.3) is 0 Å². The zero-order valence-corrected chi connectivity index (χ0v) is 12.1. The molecular weight excluding hydrogens is 234 g/mol. The zero-order valence-electron chi connectivity index (χ0n) is 12.1. The summed E-state index contributed by atoms with van der Waals surface area (Å²) >= 11 is 0. The van der Waals surface area contributed by atoms with E-state index in [2.05, 4.69) is 28.9 Å². The van der Waals surface area contributed by atoms with Crippen LogP contribution in [0.1, 0.15) is 32.6 Å². The van der Waals surface area contributed by atoms with E-state index in [9.17, 15) is 0 Å². The second-order valence-electron chi connectivity index (χ2n) is 5.48. The molecule has 1 aromatic rings. The largest absolute Gasteiger partial charge is 0.399 e. The van der Waals surface area contributed by atoms with Gasteiger partial charge in [0.05, 0.1) is 0 Å². The summed E-state index contributed by atoms with van der Waals surface area (Å²) in [6.45, 7) is 8.36. The summed E-state index contributed by atoms with van der Waals surface area (Å²) in [4.78, 5) is 5.07. The fraction of sp³-hybridized carbons (Fsp3) is 0.625. The zero-order chi connectivity index (χ0) is 13.5. The number of nitrogens with zero attached hydrogens (tertiary/aromatic N) is 2. The molecule has 0 unspecified atom stereocenters. The molecule has 0 aliphatic carbocycles. The Balaban J connectivity index is 1.82. The minimum absolute atomic E-state index is 0.845. The van der Waals surface area contributed by atoms with Crippen LogP contribution in [0.4, 0.5) is 11.4 Å². The van der Waals surface area contributed by atoms with E-state index in [1.165, 1.54) is 51.0 Å². The van der Waals surface area contributed by atoms with Crippen LogP contribution in [0.2, 0.25) is 0 Å². The van der Waals surface area contributed by atoms with Crippen LogP contribution in [-0.4, -0.2) is 37.6 Å². The van der Waals surface area contributed by atoms with Gasteiger partial charge in [-0.1, -0.05) is 6.92 Å². The van der Waals surface area contributed by atoms with Crippen LogP contribution in [0.15, 0.2) is 24.3 Å². The Kier molecular flexibility index (Phi) is 5.52. The number of hydrogen-bond acceptors (Lipinski definition) is 3. The molecule has 0 saturated carbocycles. The molecule has 0 radical (unpaired) electrons. The number of benzene rings is 1. The molecule has 0 atom stereocenters. The highest BCUT2D eigenvalue weighted by atomic mass is 15.2. The van der Waals surface area contributed by atoms with Crippen molar-refractivity contribution < 1.29 is 0 Å². The van der Waals surface area contributed by atoms with Crippen molar-refractivity contribution in [3.8, 4) is 0 Å². The van der Waals surface area contributed by atoms with Crippen LogP contribution < -0.4 is 10.6 Å². The van der Waals surface area contributed by atoms with E-state index in [4.69, 9.17) is 5.73 Å². The van der Waals surface area contributed by atoms with Gasteiger partial charge < -0.3 is 15.5 Å². The van der Waals surface area contributed by atoms with Gasteiger partial charge in [0.15, 0.2) is 0 Å². The molecule has 0 spiro atoms. The van der Waals surface area contributed by atoms with Gasteiger partial charge in [-0.25, -0.2) is 0 Å². The third-order valence-electron chi connectivity index (χ3n) is 3.85. The first-order valence-corrected chi connectivity index (χ1v) is 7.62. The SMILES string of the molecule is CCCN(CCCN1CCCC1)c1ccc(N)cc1. The van der Waals surface area contributed by atoms with Gasteiger partial charge in [0, 0.05) is 24.5 Å². The van der Waals surface area contributed by atoms with E-state index in [1.807, 2.05) is 12.1 Å². The molecule has 3 nitrogen and oxygen atoms in total. The molecule has 106 valence electrons. The van der Waals surface area contributed by atoms with E-state index < -0.39 is 0 Å². The maximum atomic E-state index is 5.76. The van der Waals surface area contributed by atoms with Crippen LogP contribution in [0.5, 0.6) is 0 Å². The lowest BCUT2D eigenvalue weighted by Gasteiger charge is -2.25. The summed E-state index contributed by atoms with van der Waals surface area (Å²) in [5.74, 6) is 0. The fourth-order valence-electron chi connectivity index (χ4n) is 2.82. The Morgan fingerprint density at radius 1 is 1.11 bits per heavy atom. The fourth-order valence-corrected chi connectivity index (χ4v) is 2.82. The van der Waals surface area contributed by atoms with Crippen LogP contribution in [0.3, 0.4) is 0 Å². The van der Waals surface area contributed by atoms with E-state index in [-0.39, 0.29) is 0 Å². The highest BCUT2D eigenvalue weighted by molar-refractivity contribution is 5.53. The third-order valence-corrected chi connectivity index (χ3v) is 3.85. The van der Waals surface area contributed by atoms with E-state index in [0.717, 1.165) is 18.8 Å². The predicted molar refractivity (Wildman–Crippen MR) is 83.6 cm³/mol. The molecule has 1 heterocycles. The van der Waals surface area contributed by atoms with Gasteiger partial charge in [0.2, 0.25) is 0 Å². The maximum Gasteiger partial charge on any atom is 0.0367 e. The van der Waals surface area contributed by atoms with Crippen LogP contribution in [0, 0.1) is 0 Å². The Labute approximate surface area is 117 Å². The molecule has 3 heteroatoms. The van der Waals surface area contributed by atoms with Crippen molar-refractivity contribution in [1.29, 1.82) is 0 Å². The number of rotatable bonds is 7. The van der Waals surface area contributed by atoms with Gasteiger partial charge in [-0.15, -0.1) is 0 Å². The number of nitrogens with two attached hydrogens (primary N) is 1. The second kappa shape index (κ2) is 7.39. The Morgan fingerprint density at radius 3 is 2.42 bits per heavy atom. The lowest BCUT2D eigenvalue weighted by Crippen LogP contribution is -2.29. The van der Waals surface area contributed by atoms with Gasteiger partial charge in [-0.05, 0) is 69.6 Å². The van der Waals surface area contributed by atoms with Crippen LogP contribution in [-0.2, 0) is 0 Å². The normalized spacial score (nSPS) is 15.8. The molecule has 0 bridgehead atoms. The lowest BCUT2D eigenvalue weighted by atomic mass is 10.2. The topological polar surface area (TPSA) is 32.5 Å². The smallest absolute Gasteiger partial charge is 0.0367 e. The Bertz CT molecular complexity index is 355. The molecule has 1 aliphatic heterocycles. The second-order valence-corrected chi connectivity index (χ2v) is 5.48. The van der Waals surface area contributed by atoms with Gasteiger partial charge in [0.1, 0.15) is 0 Å². The van der Waals surface area contributed by atoms with Crippen molar-refractivity contribution >= 4 is 11.4 Å². The minimum atomic E-state index is 0.845. The average molecular weight is 261 g/mol. The summed E-state index contributed by atoms with van der Waals surface area (Å²) < 4.78 is 0. The third kappa shape index (κ3) is 4.43. The number of likely N-dealkylation sites (tertiary alicyclic amines) is 1. The molecule has 1 aliphatic rings. The molecule has 1 saturated heterocycles. The van der Waals surface area contributed by atoms with Crippen LogP contribution >= 0.6 is 0 Å². The lowest BCUT2D eigenvalue weighted by molar-refractivity contribution is 0.334. The van der Waals surface area contributed by atoms with Crippen molar-refractivity contribution in [2.45, 2.75) is 32.6 Å². The molecule has 0 amide bonds. The standard InChI is InChI=1S/C16H27N3/c1-2-10-19(16-8-6-15(17)7-9-16)14-5-13-18-11-3-4-12-18/h6-9H,2-5,10-14,17H2,1H3. The highest BCUT2D eigenvalue weighted by Gasteiger charge is 2.11. The van der Waals surface area contributed by atoms with Crippen molar-refractivity contribution in [3.63, 3.8) is 0 Å². The van der Waals surface area contributed by atoms with Gasteiger partial charge >= 0.3 is 0 Å². The minimum Gasteiger partial charge on any atom is -0.399 e. The van der Waals surface area contributed by atoms with E-state index in [0.29, 0.717) is 0 Å². The summed E-state index contributed by atoms with van der Waals surface area (Å²) in [5.41, 5.74) is 7.91. The molecule has 0 aromatic heterocycles. The van der Waals surface area contributed by atoms with Crippen molar-refractivity contribution in [2.75, 3.05) is 43.4 Å². The maximum absolute atomic E-state index is 5.76. The summed E-state index contributed by atoms with van der Waals surface area (Å²) in [7, 11) is 0. The number of anilines is 2. The van der Waals surface area contributed by atoms with Crippen molar-refractivity contribution in [2.24, 2.45) is 0 Å². The van der Waals surface area contributed by atoms with Crippen molar-refractivity contribution in [1.82, 2.24) is 4.90 Å². The Hall–Kier alpha value is -1.22. The molecule has 2 rings (SSSR count). The molecule has 1 fully saturated rings. The molecule has 1 aromatic carbocycles. The summed E-state index contributed by atoms with van der Waals surface area (Å²) in [6.07, 6.45) is 5.21. The Morgan fingerprint density at radius 2 is 1.79 bits per heavy atom. The first-order valence-electron chi connectivity index (χ1n) is 7.62. The van der Waals surface area contributed by atoms with Gasteiger partial charge in [-0.3, -0.25) is 0 Å².